The first kappa shape index (κ1) is 22.7. The number of amides is 1. The fourth-order valence-corrected chi connectivity index (χ4v) is 5.01. The third-order valence-electron chi connectivity index (χ3n) is 6.79. The number of fused-ring (bicyclic) bond motifs is 2. The largest absolute Gasteiger partial charge is 0.508 e. The third kappa shape index (κ3) is 4.04. The number of aryl methyl sites for hydroxylation is 1. The van der Waals surface area contributed by atoms with Crippen LogP contribution >= 0.6 is 0 Å². The standard InChI is InChI=1S/C28H27N7O2/c1-17-11-12-34-24(17)28(37)35(21-8-4-3-5-9-21)27(33-34)18(2)32-26-23-20(15-29-25(23)30-16-31-26)13-19-7-6-10-22(36)14-19/h3-12,14-16,18,27,33,36H,13H2,1-2H3,(H2,29,30,31,32)/t18-,27?/m0/s1. The van der Waals surface area contributed by atoms with Crippen LogP contribution in [0.2, 0.25) is 0 Å². The second-order valence-electron chi connectivity index (χ2n) is 9.34. The zero-order chi connectivity index (χ0) is 25.5. The van der Waals surface area contributed by atoms with Crippen molar-refractivity contribution in [2.24, 2.45) is 0 Å². The van der Waals surface area contributed by atoms with Gasteiger partial charge in [0, 0.05) is 18.1 Å². The SMILES string of the molecule is Cc1ccn2c1C(=O)N(c1ccccc1)C([C@H](C)Nc1ncnc3[nH]cc(Cc4cccc(O)c4)c13)N2. The summed E-state index contributed by atoms with van der Waals surface area (Å²) in [5, 5.41) is 14.3. The maximum absolute atomic E-state index is 13.7. The van der Waals surface area contributed by atoms with E-state index in [9.17, 15) is 9.90 Å². The highest BCUT2D eigenvalue weighted by molar-refractivity contribution is 6.07. The molecule has 37 heavy (non-hydrogen) atoms. The lowest BCUT2D eigenvalue weighted by atomic mass is 10.0. The van der Waals surface area contributed by atoms with Crippen molar-refractivity contribution in [2.45, 2.75) is 32.5 Å². The van der Waals surface area contributed by atoms with Crippen LogP contribution in [0.5, 0.6) is 5.75 Å². The minimum Gasteiger partial charge on any atom is -0.508 e. The van der Waals surface area contributed by atoms with E-state index in [0.29, 0.717) is 17.9 Å². The summed E-state index contributed by atoms with van der Waals surface area (Å²) in [6, 6.07) is 18.6. The van der Waals surface area contributed by atoms with E-state index >= 15 is 0 Å². The lowest BCUT2D eigenvalue weighted by Gasteiger charge is -2.41. The number of carbonyl (C=O) groups is 1. The number of phenolic OH excluding ortho intramolecular Hbond substituents is 1. The van der Waals surface area contributed by atoms with Crippen molar-refractivity contribution < 1.29 is 9.90 Å². The first-order chi connectivity index (χ1) is 18.0. The van der Waals surface area contributed by atoms with Crippen molar-refractivity contribution >= 4 is 28.4 Å². The van der Waals surface area contributed by atoms with Gasteiger partial charge in [0.05, 0.1) is 11.4 Å². The number of nitrogens with one attached hydrogen (secondary N) is 3. The zero-order valence-electron chi connectivity index (χ0n) is 20.5. The fraction of sp³-hybridized carbons (Fsp3) is 0.179. The molecule has 1 amide bonds. The van der Waals surface area contributed by atoms with Crippen LogP contribution in [-0.2, 0) is 6.42 Å². The molecule has 9 heteroatoms. The molecule has 5 aromatic rings. The number of para-hydroxylation sites is 1. The van der Waals surface area contributed by atoms with E-state index in [2.05, 4.69) is 25.7 Å². The molecule has 0 saturated heterocycles. The number of nitrogens with zero attached hydrogens (tertiary/aromatic N) is 4. The minimum atomic E-state index is -0.396. The average molecular weight is 494 g/mol. The van der Waals surface area contributed by atoms with Gasteiger partial charge >= 0.3 is 0 Å². The maximum atomic E-state index is 13.7. The lowest BCUT2D eigenvalue weighted by Crippen LogP contribution is -2.59. The number of benzene rings is 2. The van der Waals surface area contributed by atoms with E-state index in [0.717, 1.165) is 33.4 Å². The summed E-state index contributed by atoms with van der Waals surface area (Å²) >= 11 is 0. The molecular weight excluding hydrogens is 466 g/mol. The quantitative estimate of drug-likeness (QED) is 0.279. The van der Waals surface area contributed by atoms with E-state index in [4.69, 9.17) is 0 Å². The summed E-state index contributed by atoms with van der Waals surface area (Å²) in [6.45, 7) is 3.96. The Morgan fingerprint density at radius 1 is 1.11 bits per heavy atom. The number of carbonyl (C=O) groups excluding carboxylic acids is 1. The average Bonchev–Trinajstić information content (AvgIpc) is 3.48. The van der Waals surface area contributed by atoms with Crippen LogP contribution in [0.15, 0.2) is 79.4 Å². The Bertz CT molecular complexity index is 1590. The number of hydrogen-bond acceptors (Lipinski definition) is 6. The smallest absolute Gasteiger partial charge is 0.278 e. The Kier molecular flexibility index (Phi) is 5.52. The van der Waals surface area contributed by atoms with Crippen molar-refractivity contribution in [3.05, 3.63) is 102 Å². The van der Waals surface area contributed by atoms with Gasteiger partial charge < -0.3 is 20.8 Å². The Hall–Kier alpha value is -4.79. The number of phenols is 1. The Morgan fingerprint density at radius 3 is 2.76 bits per heavy atom. The highest BCUT2D eigenvalue weighted by Crippen LogP contribution is 2.30. The number of rotatable bonds is 6. The maximum Gasteiger partial charge on any atom is 0.278 e. The van der Waals surface area contributed by atoms with Crippen molar-refractivity contribution in [1.29, 1.82) is 0 Å². The predicted molar refractivity (Wildman–Crippen MR) is 143 cm³/mol. The summed E-state index contributed by atoms with van der Waals surface area (Å²) in [5.41, 5.74) is 8.55. The van der Waals surface area contributed by atoms with E-state index in [1.165, 1.54) is 6.33 Å². The number of aromatic hydroxyl groups is 1. The molecule has 3 aromatic heterocycles. The van der Waals surface area contributed by atoms with Crippen LogP contribution in [0, 0.1) is 6.92 Å². The van der Waals surface area contributed by atoms with Crippen LogP contribution in [0.1, 0.15) is 34.1 Å². The van der Waals surface area contributed by atoms with E-state index in [1.807, 2.05) is 74.8 Å². The molecule has 1 aliphatic heterocycles. The van der Waals surface area contributed by atoms with Crippen molar-refractivity contribution in [1.82, 2.24) is 19.6 Å². The molecule has 2 aromatic carbocycles. The molecule has 6 rings (SSSR count). The first-order valence-corrected chi connectivity index (χ1v) is 12.2. The highest BCUT2D eigenvalue weighted by Gasteiger charge is 2.37. The van der Waals surface area contributed by atoms with Crippen molar-refractivity contribution in [3.8, 4) is 5.75 Å². The molecule has 1 aliphatic rings. The van der Waals surface area contributed by atoms with Gasteiger partial charge in [-0.1, -0.05) is 30.3 Å². The number of aromatic nitrogens is 4. The molecule has 4 N–H and O–H groups in total. The third-order valence-corrected chi connectivity index (χ3v) is 6.79. The van der Waals surface area contributed by atoms with Gasteiger partial charge in [-0.25, -0.2) is 9.97 Å². The molecule has 1 unspecified atom stereocenters. The van der Waals surface area contributed by atoms with E-state index in [-0.39, 0.29) is 17.7 Å². The van der Waals surface area contributed by atoms with Crippen LogP contribution in [0.25, 0.3) is 11.0 Å². The molecule has 0 bridgehead atoms. The second-order valence-corrected chi connectivity index (χ2v) is 9.34. The highest BCUT2D eigenvalue weighted by atomic mass is 16.3. The minimum absolute atomic E-state index is 0.0647. The van der Waals surface area contributed by atoms with Gasteiger partial charge in [0.15, 0.2) is 0 Å². The van der Waals surface area contributed by atoms with E-state index in [1.54, 1.807) is 21.7 Å². The summed E-state index contributed by atoms with van der Waals surface area (Å²) in [6.07, 6.45) is 5.54. The van der Waals surface area contributed by atoms with Crippen LogP contribution in [-0.4, -0.2) is 42.8 Å². The van der Waals surface area contributed by atoms with Gasteiger partial charge in [0.1, 0.15) is 35.4 Å². The van der Waals surface area contributed by atoms with Crippen LogP contribution < -0.4 is 15.6 Å². The number of aromatic amines is 1. The molecule has 0 spiro atoms. The number of H-pyrrole nitrogens is 1. The molecule has 2 atom stereocenters. The van der Waals surface area contributed by atoms with Gasteiger partial charge in [-0.3, -0.25) is 14.4 Å². The second kappa shape index (κ2) is 9.02. The van der Waals surface area contributed by atoms with Crippen molar-refractivity contribution in [2.75, 3.05) is 15.6 Å². The lowest BCUT2D eigenvalue weighted by molar-refractivity contribution is 0.0954. The molecule has 186 valence electrons. The molecular formula is C28H27N7O2. The molecule has 4 heterocycles. The Morgan fingerprint density at radius 2 is 1.95 bits per heavy atom. The fourth-order valence-electron chi connectivity index (χ4n) is 5.01. The normalized spacial score (nSPS) is 15.9. The Labute approximate surface area is 213 Å². The topological polar surface area (TPSA) is 111 Å². The van der Waals surface area contributed by atoms with Gasteiger partial charge in [0.2, 0.25) is 0 Å². The predicted octanol–water partition coefficient (Wildman–Crippen LogP) is 4.39. The number of hydrogen-bond donors (Lipinski definition) is 4. The van der Waals surface area contributed by atoms with Gasteiger partial charge in [0.25, 0.3) is 5.91 Å². The summed E-state index contributed by atoms with van der Waals surface area (Å²) in [5.74, 6) is 0.838. The molecule has 9 nitrogen and oxygen atoms in total. The molecule has 0 saturated carbocycles. The van der Waals surface area contributed by atoms with Gasteiger partial charge in [-0.15, -0.1) is 0 Å². The molecule has 0 radical (unpaired) electrons. The first-order valence-electron chi connectivity index (χ1n) is 12.2. The van der Waals surface area contributed by atoms with Gasteiger partial charge in [-0.2, -0.15) is 0 Å². The monoisotopic (exact) mass is 493 g/mol. The zero-order valence-corrected chi connectivity index (χ0v) is 20.5. The summed E-state index contributed by atoms with van der Waals surface area (Å²) in [7, 11) is 0. The summed E-state index contributed by atoms with van der Waals surface area (Å²) in [4.78, 5) is 27.7. The molecule has 0 aliphatic carbocycles. The Balaban J connectivity index is 1.36. The van der Waals surface area contributed by atoms with Crippen LogP contribution in [0.3, 0.4) is 0 Å². The van der Waals surface area contributed by atoms with Crippen molar-refractivity contribution in [3.63, 3.8) is 0 Å². The number of anilines is 2. The molecule has 0 fully saturated rings. The van der Waals surface area contributed by atoms with Gasteiger partial charge in [-0.05, 0) is 67.3 Å². The summed E-state index contributed by atoms with van der Waals surface area (Å²) < 4.78 is 1.80. The van der Waals surface area contributed by atoms with E-state index < -0.39 is 6.17 Å². The van der Waals surface area contributed by atoms with Crippen LogP contribution in [0.4, 0.5) is 11.5 Å².